The normalized spacial score (nSPS) is 28.2. The zero-order chi connectivity index (χ0) is 12.7. The summed E-state index contributed by atoms with van der Waals surface area (Å²) in [6.07, 6.45) is -3.83. The average Bonchev–Trinajstić information content (AvgIpc) is 3.03. The number of alkyl halides is 3. The summed E-state index contributed by atoms with van der Waals surface area (Å²) < 4.78 is 38.4. The van der Waals surface area contributed by atoms with Gasteiger partial charge < -0.3 is 10.8 Å². The third-order valence-corrected chi connectivity index (χ3v) is 3.55. The minimum Gasteiger partial charge on any atom is -0.396 e. The van der Waals surface area contributed by atoms with Gasteiger partial charge in [-0.05, 0) is 24.0 Å². The number of rotatable bonds is 3. The van der Waals surface area contributed by atoms with Crippen LogP contribution in [0.25, 0.3) is 0 Å². The number of nitrogens with two attached hydrogens (primary N) is 1. The number of aliphatic hydroxyl groups is 1. The van der Waals surface area contributed by atoms with Crippen LogP contribution in [0.3, 0.4) is 0 Å². The lowest BCUT2D eigenvalue weighted by molar-refractivity contribution is -0.138. The van der Waals surface area contributed by atoms with Crippen LogP contribution in [0.5, 0.6) is 0 Å². The molecule has 0 aliphatic heterocycles. The van der Waals surface area contributed by atoms with Crippen molar-refractivity contribution in [1.82, 2.24) is 0 Å². The highest BCUT2D eigenvalue weighted by atomic mass is 19.4. The molecule has 2 rings (SSSR count). The van der Waals surface area contributed by atoms with Gasteiger partial charge in [0.2, 0.25) is 0 Å². The Labute approximate surface area is 97.2 Å². The average molecular weight is 245 g/mol. The van der Waals surface area contributed by atoms with Crippen molar-refractivity contribution in [2.45, 2.75) is 18.5 Å². The van der Waals surface area contributed by atoms with E-state index in [0.29, 0.717) is 6.42 Å². The second kappa shape index (κ2) is 3.99. The lowest BCUT2D eigenvalue weighted by Crippen LogP contribution is -2.22. The Morgan fingerprint density at radius 3 is 2.47 bits per heavy atom. The van der Waals surface area contributed by atoms with Crippen molar-refractivity contribution in [2.75, 3.05) is 13.2 Å². The molecular weight excluding hydrogens is 231 g/mol. The Morgan fingerprint density at radius 1 is 1.35 bits per heavy atom. The van der Waals surface area contributed by atoms with Crippen LogP contribution in [0.15, 0.2) is 24.3 Å². The van der Waals surface area contributed by atoms with Gasteiger partial charge in [0.25, 0.3) is 0 Å². The van der Waals surface area contributed by atoms with Gasteiger partial charge in [-0.3, -0.25) is 0 Å². The summed E-state index contributed by atoms with van der Waals surface area (Å²) in [6.45, 7) is 0.0424. The van der Waals surface area contributed by atoms with Gasteiger partial charge >= 0.3 is 6.18 Å². The molecule has 0 amide bonds. The summed E-state index contributed by atoms with van der Waals surface area (Å²) in [7, 11) is 0. The van der Waals surface area contributed by atoms with E-state index < -0.39 is 17.2 Å². The molecule has 1 aliphatic carbocycles. The lowest BCUT2D eigenvalue weighted by Gasteiger charge is -2.16. The lowest BCUT2D eigenvalue weighted by atomic mass is 9.96. The predicted octanol–water partition coefficient (Wildman–Crippen LogP) is 2.13. The maximum atomic E-state index is 12.8. The summed E-state index contributed by atoms with van der Waals surface area (Å²) in [6, 6.07) is 5.51. The quantitative estimate of drug-likeness (QED) is 0.857. The van der Waals surface area contributed by atoms with Crippen LogP contribution < -0.4 is 5.73 Å². The molecule has 5 heteroatoms. The first-order valence-electron chi connectivity index (χ1n) is 5.42. The van der Waals surface area contributed by atoms with E-state index in [1.165, 1.54) is 12.1 Å². The molecule has 1 aliphatic rings. The maximum absolute atomic E-state index is 12.8. The molecule has 17 heavy (non-hydrogen) atoms. The molecule has 2 atom stereocenters. The summed E-state index contributed by atoms with van der Waals surface area (Å²) in [4.78, 5) is 0. The van der Waals surface area contributed by atoms with Crippen molar-refractivity contribution in [3.05, 3.63) is 35.4 Å². The highest BCUT2D eigenvalue weighted by molar-refractivity contribution is 5.39. The molecule has 1 aromatic rings. The van der Waals surface area contributed by atoms with Gasteiger partial charge in [0.05, 0.1) is 12.2 Å². The first-order valence-corrected chi connectivity index (χ1v) is 5.42. The Morgan fingerprint density at radius 2 is 2.00 bits per heavy atom. The number of hydrogen-bond donors (Lipinski definition) is 2. The van der Waals surface area contributed by atoms with E-state index in [2.05, 4.69) is 0 Å². The van der Waals surface area contributed by atoms with Crippen LogP contribution in [-0.2, 0) is 6.18 Å². The first-order chi connectivity index (χ1) is 7.94. The second-order valence-corrected chi connectivity index (χ2v) is 4.57. The Kier molecular flexibility index (Phi) is 2.91. The fraction of sp³-hybridized carbons (Fsp3) is 0.500. The Balaban J connectivity index is 2.36. The van der Waals surface area contributed by atoms with Crippen LogP contribution >= 0.6 is 0 Å². The van der Waals surface area contributed by atoms with Gasteiger partial charge in [-0.25, -0.2) is 0 Å². The molecule has 1 fully saturated rings. The van der Waals surface area contributed by atoms with E-state index in [1.54, 1.807) is 6.07 Å². The van der Waals surface area contributed by atoms with E-state index in [4.69, 9.17) is 5.73 Å². The summed E-state index contributed by atoms with van der Waals surface area (Å²) in [5.74, 6) is -0.282. The molecule has 94 valence electrons. The van der Waals surface area contributed by atoms with Gasteiger partial charge in [-0.15, -0.1) is 0 Å². The number of halogens is 3. The molecular formula is C12H14F3NO. The van der Waals surface area contributed by atoms with E-state index in [9.17, 15) is 18.3 Å². The zero-order valence-electron chi connectivity index (χ0n) is 9.17. The van der Waals surface area contributed by atoms with Crippen molar-refractivity contribution >= 4 is 0 Å². The largest absolute Gasteiger partial charge is 0.416 e. The smallest absolute Gasteiger partial charge is 0.396 e. The standard InChI is InChI=1S/C12H14F3NO/c13-12(14,15)9-4-2-1-3-8(9)10-5-11(10,6-16)7-17/h1-4,10,17H,5-7,16H2. The van der Waals surface area contributed by atoms with Crippen LogP contribution in [0.4, 0.5) is 13.2 Å². The van der Waals surface area contributed by atoms with Crippen molar-refractivity contribution < 1.29 is 18.3 Å². The van der Waals surface area contributed by atoms with Crippen LogP contribution in [-0.4, -0.2) is 18.3 Å². The molecule has 0 radical (unpaired) electrons. The van der Waals surface area contributed by atoms with Gasteiger partial charge in [-0.2, -0.15) is 13.2 Å². The molecule has 1 aromatic carbocycles. The molecule has 2 nitrogen and oxygen atoms in total. The molecule has 0 bridgehead atoms. The first kappa shape index (κ1) is 12.4. The monoisotopic (exact) mass is 245 g/mol. The molecule has 0 heterocycles. The van der Waals surface area contributed by atoms with Crippen LogP contribution in [0.2, 0.25) is 0 Å². The maximum Gasteiger partial charge on any atom is 0.416 e. The summed E-state index contributed by atoms with van der Waals surface area (Å²) in [5, 5.41) is 9.22. The topological polar surface area (TPSA) is 46.2 Å². The van der Waals surface area contributed by atoms with E-state index in [0.717, 1.165) is 6.07 Å². The highest BCUT2D eigenvalue weighted by Gasteiger charge is 2.55. The van der Waals surface area contributed by atoms with Crippen molar-refractivity contribution in [3.63, 3.8) is 0 Å². The SMILES string of the molecule is NCC1(CO)CC1c1ccccc1C(F)(F)F. The number of aliphatic hydroxyl groups excluding tert-OH is 1. The van der Waals surface area contributed by atoms with Gasteiger partial charge in [0.1, 0.15) is 0 Å². The molecule has 2 unspecified atom stereocenters. The molecule has 1 saturated carbocycles. The fourth-order valence-electron chi connectivity index (χ4n) is 2.31. The Hall–Kier alpha value is -1.07. The van der Waals surface area contributed by atoms with E-state index in [-0.39, 0.29) is 24.6 Å². The third-order valence-electron chi connectivity index (χ3n) is 3.55. The Bertz CT molecular complexity index is 412. The molecule has 0 saturated heterocycles. The van der Waals surface area contributed by atoms with Gasteiger partial charge in [-0.1, -0.05) is 18.2 Å². The number of hydrogen-bond acceptors (Lipinski definition) is 2. The molecule has 0 aromatic heterocycles. The zero-order valence-corrected chi connectivity index (χ0v) is 9.17. The minimum atomic E-state index is -4.35. The minimum absolute atomic E-state index is 0.166. The fourth-order valence-corrected chi connectivity index (χ4v) is 2.31. The molecule has 0 spiro atoms. The van der Waals surface area contributed by atoms with Crippen molar-refractivity contribution in [1.29, 1.82) is 0 Å². The second-order valence-electron chi connectivity index (χ2n) is 4.57. The summed E-state index contributed by atoms with van der Waals surface area (Å²) >= 11 is 0. The van der Waals surface area contributed by atoms with Crippen LogP contribution in [0.1, 0.15) is 23.5 Å². The van der Waals surface area contributed by atoms with E-state index in [1.807, 2.05) is 0 Å². The number of benzene rings is 1. The van der Waals surface area contributed by atoms with Crippen molar-refractivity contribution in [2.24, 2.45) is 11.1 Å². The third kappa shape index (κ3) is 2.05. The van der Waals surface area contributed by atoms with E-state index >= 15 is 0 Å². The molecule has 3 N–H and O–H groups in total. The van der Waals surface area contributed by atoms with Crippen LogP contribution in [0, 0.1) is 5.41 Å². The van der Waals surface area contributed by atoms with Gasteiger partial charge in [0, 0.05) is 12.0 Å². The van der Waals surface area contributed by atoms with Crippen molar-refractivity contribution in [3.8, 4) is 0 Å². The predicted molar refractivity (Wildman–Crippen MR) is 57.4 cm³/mol. The highest BCUT2D eigenvalue weighted by Crippen LogP contribution is 2.59. The van der Waals surface area contributed by atoms with Gasteiger partial charge in [0.15, 0.2) is 0 Å². The summed E-state index contributed by atoms with van der Waals surface area (Å²) in [5.41, 5.74) is 4.60.